The molecule has 1 aromatic rings. The van der Waals surface area contributed by atoms with Gasteiger partial charge in [-0.2, -0.15) is 0 Å². The number of aromatic hydroxyl groups is 1. The van der Waals surface area contributed by atoms with Crippen molar-refractivity contribution in [2.24, 2.45) is 0 Å². The van der Waals surface area contributed by atoms with Crippen LogP contribution in [0.15, 0.2) is 21.1 Å². The maximum Gasteiger partial charge on any atom is 0.140 e. The third-order valence-corrected chi connectivity index (χ3v) is 2.19. The van der Waals surface area contributed by atoms with E-state index < -0.39 is 0 Å². The third-order valence-electron chi connectivity index (χ3n) is 1.07. The molecule has 0 heterocycles. The van der Waals surface area contributed by atoms with Gasteiger partial charge in [-0.05, 0) is 28.1 Å². The predicted octanol–water partition coefficient (Wildman–Crippen LogP) is 2.50. The summed E-state index contributed by atoms with van der Waals surface area (Å²) >= 11 is 6.38. The van der Waals surface area contributed by atoms with Crippen LogP contribution in [0.3, 0.4) is 0 Å². The SMILES string of the molecule is Nc1c(O)cc(Br)cc1Br. The van der Waals surface area contributed by atoms with Gasteiger partial charge in [-0.1, -0.05) is 15.9 Å². The van der Waals surface area contributed by atoms with Crippen molar-refractivity contribution < 1.29 is 5.11 Å². The molecule has 1 aromatic carbocycles. The standard InChI is InChI=1S/C6H5Br2NO/c7-3-1-4(8)6(9)5(10)2-3/h1-2,10H,9H2. The molecule has 1 rings (SSSR count). The normalized spacial score (nSPS) is 9.80. The number of anilines is 1. The zero-order chi connectivity index (χ0) is 7.72. The van der Waals surface area contributed by atoms with Gasteiger partial charge in [0.2, 0.25) is 0 Å². The number of nitrogens with two attached hydrogens (primary N) is 1. The van der Waals surface area contributed by atoms with Gasteiger partial charge in [0, 0.05) is 8.95 Å². The van der Waals surface area contributed by atoms with Gasteiger partial charge in [0.15, 0.2) is 0 Å². The van der Waals surface area contributed by atoms with Crippen molar-refractivity contribution in [1.82, 2.24) is 0 Å². The zero-order valence-electron chi connectivity index (χ0n) is 4.94. The Hall–Kier alpha value is -0.220. The Morgan fingerprint density at radius 2 is 1.90 bits per heavy atom. The Morgan fingerprint density at radius 1 is 1.30 bits per heavy atom. The van der Waals surface area contributed by atoms with Gasteiger partial charge in [0.1, 0.15) is 5.75 Å². The molecule has 0 atom stereocenters. The zero-order valence-corrected chi connectivity index (χ0v) is 8.11. The van der Waals surface area contributed by atoms with Gasteiger partial charge in [0.25, 0.3) is 0 Å². The fraction of sp³-hybridized carbons (Fsp3) is 0. The first-order chi connectivity index (χ1) is 4.61. The number of benzene rings is 1. The van der Waals surface area contributed by atoms with Crippen molar-refractivity contribution in [3.05, 3.63) is 21.1 Å². The minimum absolute atomic E-state index is 0.0845. The van der Waals surface area contributed by atoms with Crippen LogP contribution in [-0.2, 0) is 0 Å². The first kappa shape index (κ1) is 7.88. The van der Waals surface area contributed by atoms with Crippen LogP contribution >= 0.6 is 31.9 Å². The highest BCUT2D eigenvalue weighted by molar-refractivity contribution is 9.11. The second-order valence-electron chi connectivity index (χ2n) is 1.82. The van der Waals surface area contributed by atoms with E-state index in [1.165, 1.54) is 0 Å². The largest absolute Gasteiger partial charge is 0.506 e. The molecule has 0 fully saturated rings. The molecule has 0 aliphatic heterocycles. The number of phenolic OH excluding ortho intramolecular Hbond substituents is 1. The fourth-order valence-electron chi connectivity index (χ4n) is 0.571. The molecular formula is C6H5Br2NO. The fourth-order valence-corrected chi connectivity index (χ4v) is 1.77. The van der Waals surface area contributed by atoms with Gasteiger partial charge < -0.3 is 10.8 Å². The molecule has 0 aliphatic rings. The van der Waals surface area contributed by atoms with Crippen LogP contribution in [0.2, 0.25) is 0 Å². The molecule has 54 valence electrons. The molecule has 3 N–H and O–H groups in total. The molecule has 0 saturated carbocycles. The number of rotatable bonds is 0. The second-order valence-corrected chi connectivity index (χ2v) is 3.59. The molecule has 10 heavy (non-hydrogen) atoms. The van der Waals surface area contributed by atoms with Gasteiger partial charge >= 0.3 is 0 Å². The Kier molecular flexibility index (Phi) is 2.21. The Balaban J connectivity index is 3.31. The van der Waals surface area contributed by atoms with E-state index in [1.807, 2.05) is 0 Å². The smallest absolute Gasteiger partial charge is 0.140 e. The number of hydrogen-bond donors (Lipinski definition) is 2. The summed E-state index contributed by atoms with van der Waals surface area (Å²) in [4.78, 5) is 0. The van der Waals surface area contributed by atoms with Crippen LogP contribution in [0, 0.1) is 0 Å². The summed E-state index contributed by atoms with van der Waals surface area (Å²) in [6.45, 7) is 0. The summed E-state index contributed by atoms with van der Waals surface area (Å²) in [7, 11) is 0. The van der Waals surface area contributed by atoms with E-state index in [9.17, 15) is 0 Å². The van der Waals surface area contributed by atoms with E-state index in [2.05, 4.69) is 31.9 Å². The monoisotopic (exact) mass is 265 g/mol. The maximum atomic E-state index is 9.10. The van der Waals surface area contributed by atoms with Crippen LogP contribution in [0.4, 0.5) is 5.69 Å². The topological polar surface area (TPSA) is 46.2 Å². The average molecular weight is 267 g/mol. The average Bonchev–Trinajstić information content (AvgIpc) is 1.82. The van der Waals surface area contributed by atoms with Crippen LogP contribution in [0.1, 0.15) is 0 Å². The molecule has 0 aliphatic carbocycles. The first-order valence-electron chi connectivity index (χ1n) is 2.54. The molecule has 0 radical (unpaired) electrons. The van der Waals surface area contributed by atoms with Crippen LogP contribution in [0.5, 0.6) is 5.75 Å². The summed E-state index contributed by atoms with van der Waals surface area (Å²) in [5.41, 5.74) is 5.80. The lowest BCUT2D eigenvalue weighted by Crippen LogP contribution is -1.86. The van der Waals surface area contributed by atoms with E-state index >= 15 is 0 Å². The Bertz CT molecular complexity index is 239. The third kappa shape index (κ3) is 1.44. The number of halogens is 2. The van der Waals surface area contributed by atoms with E-state index in [1.54, 1.807) is 12.1 Å². The molecule has 0 aromatic heterocycles. The van der Waals surface area contributed by atoms with Gasteiger partial charge in [-0.25, -0.2) is 0 Å². The first-order valence-corrected chi connectivity index (χ1v) is 4.13. The summed E-state index contributed by atoms with van der Waals surface area (Å²) < 4.78 is 1.49. The molecule has 0 saturated heterocycles. The lowest BCUT2D eigenvalue weighted by molar-refractivity contribution is 0.477. The summed E-state index contributed by atoms with van der Waals surface area (Å²) in [5, 5.41) is 9.10. The highest BCUT2D eigenvalue weighted by atomic mass is 79.9. The summed E-state index contributed by atoms with van der Waals surface area (Å²) in [6, 6.07) is 3.31. The van der Waals surface area contributed by atoms with Crippen LogP contribution < -0.4 is 5.73 Å². The van der Waals surface area contributed by atoms with Gasteiger partial charge in [-0.15, -0.1) is 0 Å². The van der Waals surface area contributed by atoms with Gasteiger partial charge in [0.05, 0.1) is 5.69 Å². The van der Waals surface area contributed by atoms with Crippen molar-refractivity contribution in [2.45, 2.75) is 0 Å². The molecule has 0 unspecified atom stereocenters. The number of phenols is 1. The highest BCUT2D eigenvalue weighted by Crippen LogP contribution is 2.32. The molecule has 4 heteroatoms. The van der Waals surface area contributed by atoms with Crippen LogP contribution in [0.25, 0.3) is 0 Å². The number of nitrogen functional groups attached to an aromatic ring is 1. The van der Waals surface area contributed by atoms with E-state index in [-0.39, 0.29) is 5.75 Å². The maximum absolute atomic E-state index is 9.10. The Morgan fingerprint density at radius 3 is 2.40 bits per heavy atom. The molecule has 0 amide bonds. The summed E-state index contributed by atoms with van der Waals surface area (Å²) in [6.07, 6.45) is 0. The molecule has 2 nitrogen and oxygen atoms in total. The molecular weight excluding hydrogens is 262 g/mol. The van der Waals surface area contributed by atoms with Gasteiger partial charge in [-0.3, -0.25) is 0 Å². The predicted molar refractivity (Wildman–Crippen MR) is 47.9 cm³/mol. The minimum Gasteiger partial charge on any atom is -0.506 e. The van der Waals surface area contributed by atoms with E-state index in [0.717, 1.165) is 4.47 Å². The van der Waals surface area contributed by atoms with Crippen molar-refractivity contribution in [3.8, 4) is 5.75 Å². The summed E-state index contributed by atoms with van der Waals surface area (Å²) in [5.74, 6) is 0.0845. The van der Waals surface area contributed by atoms with E-state index in [0.29, 0.717) is 10.2 Å². The Labute approximate surface area is 75.3 Å². The lowest BCUT2D eigenvalue weighted by Gasteiger charge is -2.00. The second kappa shape index (κ2) is 2.80. The molecule has 0 bridgehead atoms. The van der Waals surface area contributed by atoms with Crippen LogP contribution in [-0.4, -0.2) is 5.11 Å². The van der Waals surface area contributed by atoms with E-state index in [4.69, 9.17) is 10.8 Å². The highest BCUT2D eigenvalue weighted by Gasteiger charge is 2.01. The lowest BCUT2D eigenvalue weighted by atomic mass is 10.3. The number of hydrogen-bond acceptors (Lipinski definition) is 2. The van der Waals surface area contributed by atoms with Crippen molar-refractivity contribution in [3.63, 3.8) is 0 Å². The minimum atomic E-state index is 0.0845. The van der Waals surface area contributed by atoms with Crippen molar-refractivity contribution >= 4 is 37.5 Å². The van der Waals surface area contributed by atoms with Crippen molar-refractivity contribution in [1.29, 1.82) is 0 Å². The quantitative estimate of drug-likeness (QED) is 0.560. The molecule has 0 spiro atoms. The van der Waals surface area contributed by atoms with Crippen molar-refractivity contribution in [2.75, 3.05) is 5.73 Å².